The summed E-state index contributed by atoms with van der Waals surface area (Å²) in [4.78, 5) is 13.8. The summed E-state index contributed by atoms with van der Waals surface area (Å²) in [5, 5.41) is 3.09. The van der Waals surface area contributed by atoms with E-state index in [-0.39, 0.29) is 6.03 Å². The Kier molecular flexibility index (Phi) is 3.67. The van der Waals surface area contributed by atoms with Crippen LogP contribution in [-0.4, -0.2) is 19.1 Å². The molecule has 0 spiro atoms. The Morgan fingerprint density at radius 1 is 1.29 bits per heavy atom. The number of urea groups is 1. The number of carbonyl (C=O) groups excluding carboxylic acids is 1. The third-order valence-electron chi connectivity index (χ3n) is 3.46. The highest BCUT2D eigenvalue weighted by atomic mass is 16.2. The topological polar surface area (TPSA) is 32.3 Å². The quantitative estimate of drug-likeness (QED) is 0.835. The fraction of sp³-hybridized carbons (Fsp3) is 0.500. The normalized spacial score (nSPS) is 15.9. The Morgan fingerprint density at radius 3 is 2.59 bits per heavy atom. The van der Waals surface area contributed by atoms with Gasteiger partial charge in [-0.05, 0) is 31.4 Å². The molecule has 3 heteroatoms. The van der Waals surface area contributed by atoms with Crippen molar-refractivity contribution >= 4 is 11.7 Å². The molecule has 0 radical (unpaired) electrons. The predicted octanol–water partition coefficient (Wildman–Crippen LogP) is 3.08. The van der Waals surface area contributed by atoms with E-state index < -0.39 is 0 Å². The number of nitrogens with one attached hydrogen (secondary N) is 1. The summed E-state index contributed by atoms with van der Waals surface area (Å²) in [5.74, 6) is 0. The van der Waals surface area contributed by atoms with Crippen molar-refractivity contribution in [1.29, 1.82) is 0 Å². The van der Waals surface area contributed by atoms with Gasteiger partial charge in [-0.25, -0.2) is 4.79 Å². The maximum absolute atomic E-state index is 12.1. The zero-order valence-corrected chi connectivity index (χ0v) is 10.6. The Morgan fingerprint density at radius 2 is 1.94 bits per heavy atom. The zero-order valence-electron chi connectivity index (χ0n) is 10.6. The van der Waals surface area contributed by atoms with Crippen LogP contribution in [0.15, 0.2) is 24.3 Å². The van der Waals surface area contributed by atoms with Gasteiger partial charge in [0.25, 0.3) is 0 Å². The molecule has 0 aliphatic heterocycles. The number of benzene rings is 1. The number of amides is 2. The zero-order chi connectivity index (χ0) is 12.3. The molecule has 0 aromatic heterocycles. The molecular weight excluding hydrogens is 212 g/mol. The molecule has 1 fully saturated rings. The van der Waals surface area contributed by atoms with Crippen molar-refractivity contribution < 1.29 is 4.79 Å². The predicted molar refractivity (Wildman–Crippen MR) is 70.4 cm³/mol. The van der Waals surface area contributed by atoms with E-state index in [1.165, 1.54) is 12.8 Å². The molecule has 0 unspecified atom stereocenters. The summed E-state index contributed by atoms with van der Waals surface area (Å²) >= 11 is 0. The molecule has 1 N–H and O–H groups in total. The molecule has 17 heavy (non-hydrogen) atoms. The highest BCUT2D eigenvalue weighted by molar-refractivity contribution is 5.92. The summed E-state index contributed by atoms with van der Waals surface area (Å²) < 4.78 is 0. The SMILES string of the molecule is Cc1ccccc1N(C)C(=O)NC1CCCC1. The maximum Gasteiger partial charge on any atom is 0.321 e. The molecule has 1 aliphatic rings. The van der Waals surface area contributed by atoms with Gasteiger partial charge in [-0.1, -0.05) is 31.0 Å². The van der Waals surface area contributed by atoms with Gasteiger partial charge in [0.2, 0.25) is 0 Å². The van der Waals surface area contributed by atoms with Crippen LogP contribution in [0.2, 0.25) is 0 Å². The summed E-state index contributed by atoms with van der Waals surface area (Å²) in [6.45, 7) is 2.02. The third-order valence-corrected chi connectivity index (χ3v) is 3.46. The summed E-state index contributed by atoms with van der Waals surface area (Å²) in [7, 11) is 1.83. The van der Waals surface area contributed by atoms with Crippen molar-refractivity contribution in [3.05, 3.63) is 29.8 Å². The van der Waals surface area contributed by atoms with E-state index in [9.17, 15) is 4.79 Å². The van der Waals surface area contributed by atoms with E-state index in [4.69, 9.17) is 0 Å². The number of hydrogen-bond acceptors (Lipinski definition) is 1. The van der Waals surface area contributed by atoms with Gasteiger partial charge in [0, 0.05) is 18.8 Å². The van der Waals surface area contributed by atoms with Crippen LogP contribution in [0.25, 0.3) is 0 Å². The molecule has 0 atom stereocenters. The smallest absolute Gasteiger partial charge is 0.321 e. The average molecular weight is 232 g/mol. The van der Waals surface area contributed by atoms with Crippen LogP contribution in [0.5, 0.6) is 0 Å². The minimum absolute atomic E-state index is 0.00574. The molecule has 0 saturated heterocycles. The molecule has 0 heterocycles. The van der Waals surface area contributed by atoms with E-state index in [1.807, 2.05) is 38.2 Å². The Bertz CT molecular complexity index is 397. The largest absolute Gasteiger partial charge is 0.335 e. The van der Waals surface area contributed by atoms with Crippen LogP contribution in [0, 0.1) is 6.92 Å². The van der Waals surface area contributed by atoms with Crippen molar-refractivity contribution in [3.8, 4) is 0 Å². The summed E-state index contributed by atoms with van der Waals surface area (Å²) in [6.07, 6.45) is 4.71. The van der Waals surface area contributed by atoms with Gasteiger partial charge in [0.15, 0.2) is 0 Å². The van der Waals surface area contributed by atoms with Crippen LogP contribution in [0.3, 0.4) is 0 Å². The van der Waals surface area contributed by atoms with Crippen LogP contribution < -0.4 is 10.2 Å². The first kappa shape index (κ1) is 12.0. The minimum Gasteiger partial charge on any atom is -0.335 e. The standard InChI is InChI=1S/C14H20N2O/c1-11-7-3-6-10-13(11)16(2)14(17)15-12-8-4-5-9-12/h3,6-7,10,12H,4-5,8-9H2,1-2H3,(H,15,17). The Labute approximate surface area is 103 Å². The van der Waals surface area contributed by atoms with E-state index in [0.717, 1.165) is 24.1 Å². The summed E-state index contributed by atoms with van der Waals surface area (Å²) in [5.41, 5.74) is 2.10. The van der Waals surface area contributed by atoms with Crippen LogP contribution >= 0.6 is 0 Å². The number of aryl methyl sites for hydroxylation is 1. The van der Waals surface area contributed by atoms with Gasteiger partial charge in [-0.3, -0.25) is 4.90 Å². The maximum atomic E-state index is 12.1. The first-order valence-electron chi connectivity index (χ1n) is 6.28. The lowest BCUT2D eigenvalue weighted by Crippen LogP contribution is -2.42. The van der Waals surface area contributed by atoms with Crippen LogP contribution in [-0.2, 0) is 0 Å². The molecule has 1 aromatic rings. The lowest BCUT2D eigenvalue weighted by atomic mass is 10.2. The van der Waals surface area contributed by atoms with E-state index in [1.54, 1.807) is 4.90 Å². The molecule has 1 saturated carbocycles. The minimum atomic E-state index is 0.00574. The van der Waals surface area contributed by atoms with Gasteiger partial charge in [-0.15, -0.1) is 0 Å². The van der Waals surface area contributed by atoms with Crippen molar-refractivity contribution in [2.45, 2.75) is 38.6 Å². The molecular formula is C14H20N2O. The highest BCUT2D eigenvalue weighted by Crippen LogP contribution is 2.20. The monoisotopic (exact) mass is 232 g/mol. The van der Waals surface area contributed by atoms with Gasteiger partial charge in [0.1, 0.15) is 0 Å². The van der Waals surface area contributed by atoms with Crippen LogP contribution in [0.4, 0.5) is 10.5 Å². The number of anilines is 1. The Balaban J connectivity index is 2.01. The van der Waals surface area contributed by atoms with E-state index in [0.29, 0.717) is 6.04 Å². The van der Waals surface area contributed by atoms with Crippen molar-refractivity contribution in [2.24, 2.45) is 0 Å². The molecule has 0 bridgehead atoms. The second-order valence-corrected chi connectivity index (χ2v) is 4.78. The summed E-state index contributed by atoms with van der Waals surface area (Å²) in [6, 6.07) is 8.32. The second-order valence-electron chi connectivity index (χ2n) is 4.78. The van der Waals surface area contributed by atoms with E-state index >= 15 is 0 Å². The molecule has 3 nitrogen and oxygen atoms in total. The van der Waals surface area contributed by atoms with Gasteiger partial charge in [-0.2, -0.15) is 0 Å². The van der Waals surface area contributed by atoms with Crippen LogP contribution in [0.1, 0.15) is 31.2 Å². The highest BCUT2D eigenvalue weighted by Gasteiger charge is 2.20. The van der Waals surface area contributed by atoms with Gasteiger partial charge < -0.3 is 5.32 Å². The van der Waals surface area contributed by atoms with Gasteiger partial charge >= 0.3 is 6.03 Å². The first-order chi connectivity index (χ1) is 8.18. The van der Waals surface area contributed by atoms with Crippen molar-refractivity contribution in [3.63, 3.8) is 0 Å². The lowest BCUT2D eigenvalue weighted by Gasteiger charge is -2.22. The number of hydrogen-bond donors (Lipinski definition) is 1. The lowest BCUT2D eigenvalue weighted by molar-refractivity contribution is 0.244. The second kappa shape index (κ2) is 5.21. The number of rotatable bonds is 2. The number of carbonyl (C=O) groups is 1. The van der Waals surface area contributed by atoms with Crippen molar-refractivity contribution in [1.82, 2.24) is 5.32 Å². The molecule has 2 rings (SSSR count). The van der Waals surface area contributed by atoms with Crippen molar-refractivity contribution in [2.75, 3.05) is 11.9 Å². The Hall–Kier alpha value is -1.51. The average Bonchev–Trinajstić information content (AvgIpc) is 2.81. The fourth-order valence-electron chi connectivity index (χ4n) is 2.39. The van der Waals surface area contributed by atoms with E-state index in [2.05, 4.69) is 5.32 Å². The number of para-hydroxylation sites is 1. The molecule has 92 valence electrons. The number of nitrogens with zero attached hydrogens (tertiary/aromatic N) is 1. The van der Waals surface area contributed by atoms with Gasteiger partial charge in [0.05, 0.1) is 0 Å². The fourth-order valence-corrected chi connectivity index (χ4v) is 2.39. The first-order valence-corrected chi connectivity index (χ1v) is 6.28. The molecule has 1 aliphatic carbocycles. The molecule has 2 amide bonds. The molecule has 1 aromatic carbocycles. The third kappa shape index (κ3) is 2.78.